The first-order chi connectivity index (χ1) is 14.4. The van der Waals surface area contributed by atoms with Gasteiger partial charge in [0.05, 0.1) is 6.42 Å². The van der Waals surface area contributed by atoms with E-state index in [1.54, 1.807) is 24.3 Å². The molecule has 0 atom stereocenters. The third-order valence-electron chi connectivity index (χ3n) is 4.88. The number of amides is 1. The molecule has 1 aliphatic rings. The molecule has 156 valence electrons. The second-order valence-corrected chi connectivity index (χ2v) is 7.67. The van der Waals surface area contributed by atoms with E-state index in [4.69, 9.17) is 21.4 Å². The summed E-state index contributed by atoms with van der Waals surface area (Å²) < 4.78 is 5.95. The molecule has 3 rings (SSSR count). The fourth-order valence-corrected chi connectivity index (χ4v) is 3.41. The summed E-state index contributed by atoms with van der Waals surface area (Å²) in [4.78, 5) is 23.2. The van der Waals surface area contributed by atoms with Gasteiger partial charge in [0.15, 0.2) is 0 Å². The van der Waals surface area contributed by atoms with Crippen LogP contribution in [0.5, 0.6) is 5.75 Å². The lowest BCUT2D eigenvalue weighted by molar-refractivity contribution is -0.136. The third kappa shape index (κ3) is 6.22. The van der Waals surface area contributed by atoms with Crippen molar-refractivity contribution in [3.8, 4) is 5.75 Å². The quantitative estimate of drug-likeness (QED) is 0.612. The first-order valence-electron chi connectivity index (χ1n) is 9.82. The van der Waals surface area contributed by atoms with Crippen molar-refractivity contribution in [2.75, 3.05) is 6.54 Å². The number of hydrogen-bond donors (Lipinski definition) is 2. The summed E-state index contributed by atoms with van der Waals surface area (Å²) in [6.07, 6.45) is 4.02. The SMILES string of the molecule is CC1=C(Oc2ccc(C(=O)NCCc3ccc(Cl)cc3)cc2)CCC(CC(=O)O)=C1. The largest absolute Gasteiger partial charge is 0.481 e. The van der Waals surface area contributed by atoms with Crippen LogP contribution >= 0.6 is 11.6 Å². The Balaban J connectivity index is 1.53. The Kier molecular flexibility index (Phi) is 7.31. The van der Waals surface area contributed by atoms with Crippen LogP contribution in [0.25, 0.3) is 0 Å². The van der Waals surface area contributed by atoms with Gasteiger partial charge in [-0.15, -0.1) is 0 Å². The Hall–Kier alpha value is -3.05. The first-order valence-corrected chi connectivity index (χ1v) is 10.2. The summed E-state index contributed by atoms with van der Waals surface area (Å²) in [5.74, 6) is 0.520. The van der Waals surface area contributed by atoms with E-state index in [1.165, 1.54) is 0 Å². The van der Waals surface area contributed by atoms with Crippen LogP contribution in [0.4, 0.5) is 0 Å². The summed E-state index contributed by atoms with van der Waals surface area (Å²) in [7, 11) is 0. The lowest BCUT2D eigenvalue weighted by atomic mass is 9.96. The normalized spacial score (nSPS) is 13.6. The maximum Gasteiger partial charge on any atom is 0.307 e. The van der Waals surface area contributed by atoms with Crippen molar-refractivity contribution in [3.05, 3.63) is 87.7 Å². The van der Waals surface area contributed by atoms with Crippen molar-refractivity contribution in [2.45, 2.75) is 32.6 Å². The molecule has 0 spiro atoms. The number of hydrogen-bond acceptors (Lipinski definition) is 3. The van der Waals surface area contributed by atoms with E-state index in [0.717, 1.165) is 28.9 Å². The van der Waals surface area contributed by atoms with Gasteiger partial charge in [0.2, 0.25) is 0 Å². The zero-order chi connectivity index (χ0) is 21.5. The number of aliphatic carboxylic acids is 1. The monoisotopic (exact) mass is 425 g/mol. The van der Waals surface area contributed by atoms with E-state index < -0.39 is 5.97 Å². The lowest BCUT2D eigenvalue weighted by Crippen LogP contribution is -2.25. The number of allylic oxidation sites excluding steroid dienone is 3. The molecule has 0 heterocycles. The van der Waals surface area contributed by atoms with Crippen molar-refractivity contribution < 1.29 is 19.4 Å². The molecular weight excluding hydrogens is 402 g/mol. The number of ether oxygens (including phenoxy) is 1. The predicted molar refractivity (Wildman–Crippen MR) is 117 cm³/mol. The Bertz CT molecular complexity index is 975. The van der Waals surface area contributed by atoms with E-state index >= 15 is 0 Å². The predicted octanol–water partition coefficient (Wildman–Crippen LogP) is 5.16. The molecule has 0 aliphatic heterocycles. The fourth-order valence-electron chi connectivity index (χ4n) is 3.29. The van der Waals surface area contributed by atoms with Crippen molar-refractivity contribution in [2.24, 2.45) is 0 Å². The van der Waals surface area contributed by atoms with E-state index in [1.807, 2.05) is 37.3 Å². The van der Waals surface area contributed by atoms with Crippen LogP contribution in [0.15, 0.2) is 71.5 Å². The molecule has 0 fully saturated rings. The zero-order valence-corrected chi connectivity index (χ0v) is 17.5. The third-order valence-corrected chi connectivity index (χ3v) is 5.13. The molecule has 2 N–H and O–H groups in total. The van der Waals surface area contributed by atoms with Crippen LogP contribution in [0.3, 0.4) is 0 Å². The Morgan fingerprint density at radius 3 is 2.40 bits per heavy atom. The summed E-state index contributed by atoms with van der Waals surface area (Å²) in [5.41, 5.74) is 3.51. The van der Waals surface area contributed by atoms with Gasteiger partial charge in [-0.3, -0.25) is 9.59 Å². The summed E-state index contributed by atoms with van der Waals surface area (Å²) >= 11 is 5.88. The number of carboxylic acids is 1. The van der Waals surface area contributed by atoms with Crippen LogP contribution in [0.2, 0.25) is 5.02 Å². The van der Waals surface area contributed by atoms with Crippen LogP contribution < -0.4 is 10.1 Å². The molecule has 0 saturated heterocycles. The van der Waals surface area contributed by atoms with Crippen molar-refractivity contribution in [1.29, 1.82) is 0 Å². The molecule has 0 bridgehead atoms. The summed E-state index contributed by atoms with van der Waals surface area (Å²) in [5, 5.41) is 12.5. The maximum atomic E-state index is 12.3. The smallest absolute Gasteiger partial charge is 0.307 e. The van der Waals surface area contributed by atoms with Gasteiger partial charge in [-0.1, -0.05) is 35.4 Å². The highest BCUT2D eigenvalue weighted by Crippen LogP contribution is 2.28. The van der Waals surface area contributed by atoms with Gasteiger partial charge in [-0.05, 0) is 67.3 Å². The number of carboxylic acid groups (broad SMARTS) is 1. The Morgan fingerprint density at radius 1 is 1.07 bits per heavy atom. The fraction of sp³-hybridized carbons (Fsp3) is 0.250. The van der Waals surface area contributed by atoms with Gasteiger partial charge in [-0.2, -0.15) is 0 Å². The van der Waals surface area contributed by atoms with Crippen LogP contribution in [0.1, 0.15) is 42.1 Å². The number of carbonyl (C=O) groups is 2. The molecule has 0 radical (unpaired) electrons. The van der Waals surface area contributed by atoms with Gasteiger partial charge in [0.1, 0.15) is 11.5 Å². The highest BCUT2D eigenvalue weighted by Gasteiger charge is 2.15. The second-order valence-electron chi connectivity index (χ2n) is 7.24. The van der Waals surface area contributed by atoms with E-state index in [9.17, 15) is 9.59 Å². The first kappa shape index (κ1) is 21.7. The molecule has 2 aromatic carbocycles. The second kappa shape index (κ2) is 10.1. The van der Waals surface area contributed by atoms with Crippen LogP contribution in [-0.2, 0) is 11.2 Å². The Morgan fingerprint density at radius 2 is 1.77 bits per heavy atom. The standard InChI is InChI=1S/C24H24ClNO4/c1-16-14-18(15-23(27)28)4-11-22(16)30-21-9-5-19(6-10-21)24(29)26-13-12-17-2-7-20(25)8-3-17/h2-3,5-10,14H,4,11-13,15H2,1H3,(H,26,29)(H,27,28). The highest BCUT2D eigenvalue weighted by atomic mass is 35.5. The number of halogens is 1. The number of carbonyl (C=O) groups excluding carboxylic acids is 1. The Labute approximate surface area is 181 Å². The van der Waals surface area contributed by atoms with Crippen molar-refractivity contribution in [1.82, 2.24) is 5.32 Å². The van der Waals surface area contributed by atoms with E-state index in [2.05, 4.69) is 5.32 Å². The summed E-state index contributed by atoms with van der Waals surface area (Å²) in [6.45, 7) is 2.45. The molecule has 2 aromatic rings. The van der Waals surface area contributed by atoms with E-state index in [0.29, 0.717) is 35.7 Å². The van der Waals surface area contributed by atoms with Crippen LogP contribution in [0, 0.1) is 0 Å². The minimum atomic E-state index is -0.819. The molecular formula is C24H24ClNO4. The van der Waals surface area contributed by atoms with E-state index in [-0.39, 0.29) is 12.3 Å². The molecule has 5 nitrogen and oxygen atoms in total. The average molecular weight is 426 g/mol. The minimum Gasteiger partial charge on any atom is -0.481 e. The highest BCUT2D eigenvalue weighted by molar-refractivity contribution is 6.30. The van der Waals surface area contributed by atoms with Gasteiger partial charge in [0, 0.05) is 23.6 Å². The van der Waals surface area contributed by atoms with Gasteiger partial charge < -0.3 is 15.2 Å². The van der Waals surface area contributed by atoms with Crippen molar-refractivity contribution in [3.63, 3.8) is 0 Å². The molecule has 0 saturated carbocycles. The summed E-state index contributed by atoms with van der Waals surface area (Å²) in [6, 6.07) is 14.6. The maximum absolute atomic E-state index is 12.3. The lowest BCUT2D eigenvalue weighted by Gasteiger charge is -2.18. The zero-order valence-electron chi connectivity index (χ0n) is 16.8. The topological polar surface area (TPSA) is 75.6 Å². The van der Waals surface area contributed by atoms with Gasteiger partial charge >= 0.3 is 5.97 Å². The molecule has 6 heteroatoms. The minimum absolute atomic E-state index is 0.0620. The average Bonchev–Trinajstić information content (AvgIpc) is 2.71. The number of nitrogens with one attached hydrogen (secondary N) is 1. The molecule has 1 aliphatic carbocycles. The van der Waals surface area contributed by atoms with Gasteiger partial charge in [0.25, 0.3) is 5.91 Å². The van der Waals surface area contributed by atoms with Crippen LogP contribution in [-0.4, -0.2) is 23.5 Å². The number of benzene rings is 2. The molecule has 1 amide bonds. The number of rotatable bonds is 8. The van der Waals surface area contributed by atoms with Crippen molar-refractivity contribution >= 4 is 23.5 Å². The molecule has 0 aromatic heterocycles. The molecule has 30 heavy (non-hydrogen) atoms. The van der Waals surface area contributed by atoms with Gasteiger partial charge in [-0.25, -0.2) is 0 Å². The molecule has 0 unspecified atom stereocenters.